The van der Waals surface area contributed by atoms with E-state index in [4.69, 9.17) is 4.74 Å². The molecule has 1 amide bonds. The lowest BCUT2D eigenvalue weighted by molar-refractivity contribution is -0.384. The maximum atomic E-state index is 13.4. The van der Waals surface area contributed by atoms with Gasteiger partial charge in [0.1, 0.15) is 5.69 Å². The molecule has 0 atom stereocenters. The molecule has 7 rings (SSSR count). The summed E-state index contributed by atoms with van der Waals surface area (Å²) in [5.41, 5.74) is 3.63. The SMILES string of the molecule is CC(C)(CSc1ccccc1)Nc1ccc(S(=O)(=O)NC(=O)c2ccc(N3CCC(Cc4ccccc4-c4ccccc4)(OCCN4CCCCC4)CC3)cc2)cc1[N+](=O)[O-]. The Hall–Kier alpha value is -5.21. The fourth-order valence-corrected chi connectivity index (χ4v) is 10.2. The Morgan fingerprint density at radius 2 is 1.49 bits per heavy atom. The molecule has 2 aliphatic heterocycles. The lowest BCUT2D eigenvalue weighted by Crippen LogP contribution is -2.48. The Balaban J connectivity index is 0.994. The molecule has 320 valence electrons. The molecule has 61 heavy (non-hydrogen) atoms. The Labute approximate surface area is 364 Å². The average Bonchev–Trinajstić information content (AvgIpc) is 3.27. The van der Waals surface area contributed by atoms with Gasteiger partial charge < -0.3 is 19.9 Å². The zero-order valence-corrected chi connectivity index (χ0v) is 36.6. The van der Waals surface area contributed by atoms with Crippen LogP contribution in [0.4, 0.5) is 17.1 Å². The number of ether oxygens (including phenoxy) is 1. The number of piperidine rings is 2. The molecule has 5 aromatic rings. The van der Waals surface area contributed by atoms with Gasteiger partial charge in [0, 0.05) is 59.6 Å². The summed E-state index contributed by atoms with van der Waals surface area (Å²) in [6.07, 6.45) is 6.22. The number of anilines is 2. The van der Waals surface area contributed by atoms with Gasteiger partial charge in [0.25, 0.3) is 21.6 Å². The second-order valence-electron chi connectivity index (χ2n) is 16.6. The molecule has 13 heteroatoms. The van der Waals surface area contributed by atoms with Crippen LogP contribution in [-0.4, -0.2) is 80.4 Å². The lowest BCUT2D eigenvalue weighted by Gasteiger charge is -2.43. The summed E-state index contributed by atoms with van der Waals surface area (Å²) in [6, 6.07) is 39.4. The van der Waals surface area contributed by atoms with E-state index in [1.807, 2.05) is 62.4 Å². The molecule has 2 heterocycles. The molecular weight excluding hydrogens is 807 g/mol. The van der Waals surface area contributed by atoms with Gasteiger partial charge >= 0.3 is 0 Å². The van der Waals surface area contributed by atoms with E-state index in [1.54, 1.807) is 23.9 Å². The van der Waals surface area contributed by atoms with Crippen molar-refractivity contribution in [2.45, 2.75) is 73.3 Å². The summed E-state index contributed by atoms with van der Waals surface area (Å²) in [7, 11) is -4.44. The third-order valence-corrected chi connectivity index (χ3v) is 14.4. The summed E-state index contributed by atoms with van der Waals surface area (Å²) < 4.78 is 35.9. The number of nitrogens with zero attached hydrogens (tertiary/aromatic N) is 3. The van der Waals surface area contributed by atoms with Crippen molar-refractivity contribution in [3.05, 3.63) is 149 Å². The van der Waals surface area contributed by atoms with Crippen LogP contribution in [0.2, 0.25) is 0 Å². The van der Waals surface area contributed by atoms with E-state index in [0.29, 0.717) is 12.4 Å². The van der Waals surface area contributed by atoms with E-state index in [9.17, 15) is 23.3 Å². The number of sulfonamides is 1. The summed E-state index contributed by atoms with van der Waals surface area (Å²) in [6.45, 7) is 9.21. The van der Waals surface area contributed by atoms with Gasteiger partial charge in [-0.3, -0.25) is 14.9 Å². The van der Waals surface area contributed by atoms with E-state index < -0.39 is 32.1 Å². The second kappa shape index (κ2) is 19.7. The summed E-state index contributed by atoms with van der Waals surface area (Å²) in [5.74, 6) is -0.230. The van der Waals surface area contributed by atoms with Crippen LogP contribution < -0.4 is 14.9 Å². The highest BCUT2D eigenvalue weighted by Crippen LogP contribution is 2.36. The molecule has 0 unspecified atom stereocenters. The first-order valence-corrected chi connectivity index (χ1v) is 23.5. The van der Waals surface area contributed by atoms with Crippen LogP contribution in [0.3, 0.4) is 0 Å². The maximum absolute atomic E-state index is 13.4. The third-order valence-electron chi connectivity index (χ3n) is 11.6. The zero-order valence-electron chi connectivity index (χ0n) is 34.9. The number of thioether (sulfide) groups is 1. The molecule has 2 N–H and O–H groups in total. The standard InChI is InChI=1S/C48H55N5O6S2/c1-47(2,36-60-41-17-8-4-9-18-41)49-44-25-24-42(34-45(44)53(55)56)61(57,58)50-46(54)38-20-22-40(23-21-38)52-30-26-48(27-31-52,59-33-32-51-28-12-5-13-29-51)35-39-16-10-11-19-43(39)37-14-6-3-7-15-37/h3-4,6-11,14-25,34,49H,5,12-13,26-33,35-36H2,1-2H3,(H,50,54). The molecule has 2 fully saturated rings. The van der Waals surface area contributed by atoms with Crippen molar-refractivity contribution in [1.29, 1.82) is 0 Å². The summed E-state index contributed by atoms with van der Waals surface area (Å²) in [5, 5.41) is 15.3. The number of carbonyl (C=O) groups excluding carboxylic acids is 1. The molecule has 0 aromatic heterocycles. The topological polar surface area (TPSA) is 134 Å². The van der Waals surface area contributed by atoms with Crippen LogP contribution >= 0.6 is 11.8 Å². The number of carbonyl (C=O) groups is 1. The van der Waals surface area contributed by atoms with E-state index >= 15 is 0 Å². The van der Waals surface area contributed by atoms with Crippen molar-refractivity contribution >= 4 is 44.8 Å². The first kappa shape index (κ1) is 43.9. The minimum Gasteiger partial charge on any atom is -0.374 e. The molecule has 11 nitrogen and oxygen atoms in total. The Morgan fingerprint density at radius 3 is 2.18 bits per heavy atom. The molecule has 2 saturated heterocycles. The van der Waals surface area contributed by atoms with E-state index in [-0.39, 0.29) is 21.7 Å². The van der Waals surface area contributed by atoms with Crippen LogP contribution in [0.15, 0.2) is 137 Å². The highest BCUT2D eigenvalue weighted by molar-refractivity contribution is 7.99. The predicted octanol–water partition coefficient (Wildman–Crippen LogP) is 9.45. The maximum Gasteiger partial charge on any atom is 0.293 e. The summed E-state index contributed by atoms with van der Waals surface area (Å²) >= 11 is 1.60. The number of hydrogen-bond acceptors (Lipinski definition) is 10. The number of benzene rings is 5. The van der Waals surface area contributed by atoms with Gasteiger partial charge in [0.15, 0.2) is 0 Å². The molecule has 0 bridgehead atoms. The van der Waals surface area contributed by atoms with Crippen LogP contribution in [-0.2, 0) is 21.2 Å². The van der Waals surface area contributed by atoms with Crippen molar-refractivity contribution in [3.63, 3.8) is 0 Å². The van der Waals surface area contributed by atoms with Gasteiger partial charge in [-0.1, -0.05) is 79.2 Å². The molecule has 5 aromatic carbocycles. The average molecular weight is 862 g/mol. The predicted molar refractivity (Wildman–Crippen MR) is 245 cm³/mol. The third kappa shape index (κ3) is 11.6. The first-order valence-electron chi connectivity index (χ1n) is 21.1. The number of likely N-dealkylation sites (tertiary alicyclic amines) is 1. The van der Waals surface area contributed by atoms with Crippen molar-refractivity contribution in [1.82, 2.24) is 9.62 Å². The van der Waals surface area contributed by atoms with Gasteiger partial charge in [0.05, 0.1) is 22.0 Å². The smallest absolute Gasteiger partial charge is 0.293 e. The number of hydrogen-bond donors (Lipinski definition) is 2. The van der Waals surface area contributed by atoms with Gasteiger partial charge in [-0.05, 0) is 118 Å². The van der Waals surface area contributed by atoms with Gasteiger partial charge in [0.2, 0.25) is 0 Å². The monoisotopic (exact) mass is 861 g/mol. The fraction of sp³-hybridized carbons (Fsp3) is 0.354. The van der Waals surface area contributed by atoms with Crippen molar-refractivity contribution in [2.24, 2.45) is 0 Å². The Morgan fingerprint density at radius 1 is 0.836 bits per heavy atom. The Kier molecular flexibility index (Phi) is 14.1. The van der Waals surface area contributed by atoms with Crippen LogP contribution in [0.1, 0.15) is 61.9 Å². The Bertz CT molecular complexity index is 2370. The van der Waals surface area contributed by atoms with E-state index in [1.165, 1.54) is 48.1 Å². The van der Waals surface area contributed by atoms with Gasteiger partial charge in [-0.15, -0.1) is 11.8 Å². The number of nitro groups is 1. The van der Waals surface area contributed by atoms with Crippen molar-refractivity contribution in [2.75, 3.05) is 55.3 Å². The van der Waals surface area contributed by atoms with Crippen LogP contribution in [0.5, 0.6) is 0 Å². The first-order chi connectivity index (χ1) is 29.4. The number of amides is 1. The van der Waals surface area contributed by atoms with E-state index in [0.717, 1.165) is 68.6 Å². The number of rotatable bonds is 17. The second-order valence-corrected chi connectivity index (χ2v) is 19.4. The zero-order chi connectivity index (χ0) is 42.9. The molecule has 0 saturated carbocycles. The molecule has 0 aliphatic carbocycles. The van der Waals surface area contributed by atoms with E-state index in [2.05, 4.69) is 68.4 Å². The van der Waals surface area contributed by atoms with Gasteiger partial charge in [-0.25, -0.2) is 13.1 Å². The molecule has 0 spiro atoms. The molecular formula is C48H55N5O6S2. The van der Waals surface area contributed by atoms with Gasteiger partial charge in [-0.2, -0.15) is 0 Å². The van der Waals surface area contributed by atoms with Crippen molar-refractivity contribution < 1.29 is 22.9 Å². The normalized spacial score (nSPS) is 15.9. The largest absolute Gasteiger partial charge is 0.374 e. The minimum absolute atomic E-state index is 0.155. The minimum atomic E-state index is -4.44. The lowest BCUT2D eigenvalue weighted by atomic mass is 9.82. The fourth-order valence-electron chi connectivity index (χ4n) is 8.22. The quantitative estimate of drug-likeness (QED) is 0.0529. The van der Waals surface area contributed by atoms with Crippen LogP contribution in [0.25, 0.3) is 11.1 Å². The number of nitrogens with one attached hydrogen (secondary N) is 2. The summed E-state index contributed by atoms with van der Waals surface area (Å²) in [4.78, 5) is 30.3. The molecule has 0 radical (unpaired) electrons. The van der Waals surface area contributed by atoms with Crippen LogP contribution in [0, 0.1) is 10.1 Å². The highest BCUT2D eigenvalue weighted by Gasteiger charge is 2.37. The van der Waals surface area contributed by atoms with Crippen molar-refractivity contribution in [3.8, 4) is 11.1 Å². The molecule has 2 aliphatic rings. The number of nitro benzene ring substituents is 1. The highest BCUT2D eigenvalue weighted by atomic mass is 32.2.